The first-order chi connectivity index (χ1) is 4.61. The van der Waals surface area contributed by atoms with E-state index in [-0.39, 0.29) is 9.56 Å². The van der Waals surface area contributed by atoms with Gasteiger partial charge in [-0.15, -0.1) is 0 Å². The van der Waals surface area contributed by atoms with Gasteiger partial charge in [-0.2, -0.15) is 4.09 Å². The topological polar surface area (TPSA) is 119 Å². The van der Waals surface area contributed by atoms with E-state index >= 15 is 0 Å². The van der Waals surface area contributed by atoms with Crippen LogP contribution in [0.2, 0.25) is 0 Å². The zero-order valence-electron chi connectivity index (χ0n) is 5.05. The lowest BCUT2D eigenvalue weighted by atomic mass is 11.0. The van der Waals surface area contributed by atoms with E-state index < -0.39 is 17.1 Å². The first kappa shape index (κ1) is 9.66. The molecule has 0 aliphatic carbocycles. The molecule has 0 aromatic carbocycles. The molecule has 1 rings (SSSR count). The molecule has 7 nitrogen and oxygen atoms in total. The van der Waals surface area contributed by atoms with Crippen LogP contribution in [0.3, 0.4) is 0 Å². The number of hydrogen-bond acceptors (Lipinski definition) is 3. The fourth-order valence-corrected chi connectivity index (χ4v) is 0.500. The Morgan fingerprint density at radius 2 is 1.45 bits per heavy atom. The minimum Gasteiger partial charge on any atom is -0.412 e. The number of aromatic amines is 2. The molecule has 0 amide bonds. The molecule has 4 N–H and O–H groups in total. The number of hydrogen-bond donors (Lipinski definition) is 2. The zero-order valence-corrected chi connectivity index (χ0v) is 5.81. The average Bonchev–Trinajstić information content (AvgIpc) is 1.82. The van der Waals surface area contributed by atoms with Crippen LogP contribution in [0, 0.1) is 0 Å². The summed E-state index contributed by atoms with van der Waals surface area (Å²) < 4.78 is 0.238. The van der Waals surface area contributed by atoms with Gasteiger partial charge in [-0.1, -0.05) is 0 Å². The molecular formula is C3H4ClN3O4. The van der Waals surface area contributed by atoms with Gasteiger partial charge in [0.25, 0.3) is 0 Å². The maximum absolute atomic E-state index is 10.4. The first-order valence-electron chi connectivity index (χ1n) is 2.23. The predicted octanol–water partition coefficient (Wildman–Crippen LogP) is -2.60. The third-order valence-electron chi connectivity index (χ3n) is 0.798. The van der Waals surface area contributed by atoms with Crippen LogP contribution >= 0.6 is 11.8 Å². The smallest absolute Gasteiger partial charge is 0.348 e. The summed E-state index contributed by atoms with van der Waals surface area (Å²) in [5.74, 6) is 0. The van der Waals surface area contributed by atoms with Crippen LogP contribution in [0.4, 0.5) is 0 Å². The Kier molecular flexibility index (Phi) is 2.78. The Labute approximate surface area is 63.7 Å². The predicted molar refractivity (Wildman–Crippen MR) is 36.8 cm³/mol. The second kappa shape index (κ2) is 3.17. The van der Waals surface area contributed by atoms with Crippen molar-refractivity contribution >= 4 is 11.8 Å². The van der Waals surface area contributed by atoms with E-state index in [2.05, 4.69) is 0 Å². The largest absolute Gasteiger partial charge is 0.412 e. The molecule has 0 radical (unpaired) electrons. The maximum Gasteiger partial charge on any atom is 0.348 e. The highest BCUT2D eigenvalue weighted by molar-refractivity contribution is 6.14. The molecule has 0 saturated heterocycles. The maximum atomic E-state index is 10.4. The van der Waals surface area contributed by atoms with E-state index in [0.717, 1.165) is 0 Å². The summed E-state index contributed by atoms with van der Waals surface area (Å²) in [5.41, 5.74) is -2.77. The van der Waals surface area contributed by atoms with Crippen LogP contribution in [-0.4, -0.2) is 19.5 Å². The van der Waals surface area contributed by atoms with E-state index in [1.807, 2.05) is 0 Å². The minimum absolute atomic E-state index is 0. The van der Waals surface area contributed by atoms with E-state index in [1.165, 1.54) is 0 Å². The molecule has 0 unspecified atom stereocenters. The molecule has 0 fully saturated rings. The van der Waals surface area contributed by atoms with Crippen molar-refractivity contribution in [1.29, 1.82) is 0 Å². The molecule has 0 bridgehead atoms. The van der Waals surface area contributed by atoms with Crippen LogP contribution in [0.1, 0.15) is 0 Å². The van der Waals surface area contributed by atoms with Crippen molar-refractivity contribution in [2.75, 3.05) is 0 Å². The Morgan fingerprint density at radius 1 is 1.09 bits per heavy atom. The lowest BCUT2D eigenvalue weighted by Crippen LogP contribution is -2.39. The molecule has 1 aromatic heterocycles. The second-order valence-electron chi connectivity index (χ2n) is 1.47. The van der Waals surface area contributed by atoms with Gasteiger partial charge < -0.3 is 5.48 Å². The van der Waals surface area contributed by atoms with Gasteiger partial charge in [-0.05, 0) is 0 Å². The van der Waals surface area contributed by atoms with Gasteiger partial charge in [0, 0.05) is 11.8 Å². The van der Waals surface area contributed by atoms with E-state index in [1.54, 1.807) is 9.97 Å². The Balaban J connectivity index is 0.000001000. The Morgan fingerprint density at radius 3 is 1.82 bits per heavy atom. The van der Waals surface area contributed by atoms with Crippen molar-refractivity contribution in [2.24, 2.45) is 0 Å². The summed E-state index contributed by atoms with van der Waals surface area (Å²) >= 11 is 5.04. The third-order valence-corrected chi connectivity index (χ3v) is 1.10. The van der Waals surface area contributed by atoms with Gasteiger partial charge in [0.05, 0.1) is 0 Å². The molecule has 1 heterocycles. The summed E-state index contributed by atoms with van der Waals surface area (Å²) in [4.78, 5) is 34.6. The highest BCUT2D eigenvalue weighted by Crippen LogP contribution is 1.62. The van der Waals surface area contributed by atoms with Crippen molar-refractivity contribution in [3.05, 3.63) is 31.5 Å². The van der Waals surface area contributed by atoms with Gasteiger partial charge in [0.15, 0.2) is 0 Å². The molecule has 0 atom stereocenters. The van der Waals surface area contributed by atoms with Crippen LogP contribution in [0.15, 0.2) is 14.4 Å². The monoisotopic (exact) mass is 181 g/mol. The molecule has 0 spiro atoms. The van der Waals surface area contributed by atoms with Gasteiger partial charge in [0.1, 0.15) is 0 Å². The molecule has 11 heavy (non-hydrogen) atoms. The summed E-state index contributed by atoms with van der Waals surface area (Å²) in [5, 5.41) is 0. The fourth-order valence-electron chi connectivity index (χ4n) is 0.416. The standard InChI is InChI=1S/C3H2ClN3O3.H2O/c4-7-2(9)5-1(8)6-3(7)10;/h(H2,5,6,8,9,10);1H2. The Bertz CT molecular complexity index is 366. The SMILES string of the molecule is O.O=c1[nH]c(=O)n(Cl)c(=O)[nH]1. The second-order valence-corrected chi connectivity index (χ2v) is 1.81. The summed E-state index contributed by atoms with van der Waals surface area (Å²) in [6.45, 7) is 0. The van der Waals surface area contributed by atoms with Crippen LogP contribution in [-0.2, 0) is 0 Å². The van der Waals surface area contributed by atoms with E-state index in [4.69, 9.17) is 11.8 Å². The molecule has 62 valence electrons. The number of halogens is 1. The van der Waals surface area contributed by atoms with Crippen LogP contribution in [0.25, 0.3) is 0 Å². The summed E-state index contributed by atoms with van der Waals surface area (Å²) in [6.07, 6.45) is 0. The van der Waals surface area contributed by atoms with Crippen molar-refractivity contribution in [1.82, 2.24) is 14.1 Å². The van der Waals surface area contributed by atoms with E-state index in [0.29, 0.717) is 0 Å². The minimum atomic E-state index is -0.949. The van der Waals surface area contributed by atoms with Gasteiger partial charge >= 0.3 is 17.1 Å². The molecule has 1 aromatic rings. The van der Waals surface area contributed by atoms with Crippen molar-refractivity contribution in [3.63, 3.8) is 0 Å². The van der Waals surface area contributed by atoms with Crippen LogP contribution in [0.5, 0.6) is 0 Å². The average molecular weight is 182 g/mol. The summed E-state index contributed by atoms with van der Waals surface area (Å²) in [7, 11) is 0. The van der Waals surface area contributed by atoms with Gasteiger partial charge in [0.2, 0.25) is 0 Å². The van der Waals surface area contributed by atoms with Crippen LogP contribution < -0.4 is 17.1 Å². The highest BCUT2D eigenvalue weighted by atomic mass is 35.5. The molecule has 0 aliphatic rings. The van der Waals surface area contributed by atoms with Crippen molar-refractivity contribution in [3.8, 4) is 0 Å². The van der Waals surface area contributed by atoms with Crippen molar-refractivity contribution < 1.29 is 5.48 Å². The number of nitrogens with one attached hydrogen (secondary N) is 2. The molecular weight excluding hydrogens is 178 g/mol. The third kappa shape index (κ3) is 1.79. The lowest BCUT2D eigenvalue weighted by molar-refractivity contribution is 0.824. The van der Waals surface area contributed by atoms with Gasteiger partial charge in [-0.25, -0.2) is 14.4 Å². The quantitative estimate of drug-likeness (QED) is 0.457. The molecule has 0 saturated carbocycles. The highest BCUT2D eigenvalue weighted by Gasteiger charge is 1.96. The number of rotatable bonds is 0. The normalized spacial score (nSPS) is 8.82. The number of nitrogens with zero attached hydrogens (tertiary/aromatic N) is 1. The zero-order chi connectivity index (χ0) is 7.72. The number of H-pyrrole nitrogens is 2. The molecule has 8 heteroatoms. The first-order valence-corrected chi connectivity index (χ1v) is 2.57. The molecule has 0 aliphatic heterocycles. The Hall–Kier alpha value is -1.34. The van der Waals surface area contributed by atoms with Gasteiger partial charge in [-0.3, -0.25) is 9.97 Å². The lowest BCUT2D eigenvalue weighted by Gasteiger charge is -1.85. The van der Waals surface area contributed by atoms with Crippen molar-refractivity contribution in [2.45, 2.75) is 0 Å². The fraction of sp³-hybridized carbons (Fsp3) is 0. The summed E-state index contributed by atoms with van der Waals surface area (Å²) in [6, 6.07) is 0. The van der Waals surface area contributed by atoms with E-state index in [9.17, 15) is 14.4 Å². The number of aromatic nitrogens is 3.